The maximum absolute atomic E-state index is 9.66. The Labute approximate surface area is 139 Å². The molecule has 0 aliphatic carbocycles. The molecule has 0 aromatic heterocycles. The molecule has 0 aromatic carbocycles. The Kier molecular flexibility index (Phi) is 13.3. The average molecular weight is 317 g/mol. The number of quaternary nitrogens is 1. The SMILES string of the molecule is CCCCCCCCCCCC[N+](C)(CC(C)O)CC(C)O. The van der Waals surface area contributed by atoms with Crippen molar-refractivity contribution in [2.75, 3.05) is 26.7 Å². The number of likely N-dealkylation sites (N-methyl/N-ethyl adjacent to an activating group) is 1. The fourth-order valence-corrected chi connectivity index (χ4v) is 3.51. The molecule has 22 heavy (non-hydrogen) atoms. The molecule has 0 spiro atoms. The van der Waals surface area contributed by atoms with Gasteiger partial charge in [0.25, 0.3) is 0 Å². The minimum atomic E-state index is -0.299. The third-order valence-electron chi connectivity index (χ3n) is 4.46. The molecule has 3 nitrogen and oxygen atoms in total. The van der Waals surface area contributed by atoms with Crippen LogP contribution >= 0.6 is 0 Å². The summed E-state index contributed by atoms with van der Waals surface area (Å²) in [6, 6.07) is 0. The molecule has 2 atom stereocenters. The summed E-state index contributed by atoms with van der Waals surface area (Å²) >= 11 is 0. The largest absolute Gasteiger partial charge is 0.388 e. The van der Waals surface area contributed by atoms with Gasteiger partial charge < -0.3 is 14.7 Å². The van der Waals surface area contributed by atoms with Crippen LogP contribution in [0.3, 0.4) is 0 Å². The summed E-state index contributed by atoms with van der Waals surface area (Å²) in [5.41, 5.74) is 0. The van der Waals surface area contributed by atoms with Gasteiger partial charge in [0.15, 0.2) is 0 Å². The predicted molar refractivity (Wildman–Crippen MR) is 96.0 cm³/mol. The monoisotopic (exact) mass is 316 g/mol. The van der Waals surface area contributed by atoms with E-state index in [1.165, 1.54) is 64.2 Å². The second-order valence-corrected chi connectivity index (χ2v) is 7.59. The first-order valence-corrected chi connectivity index (χ1v) is 9.59. The van der Waals surface area contributed by atoms with Gasteiger partial charge in [0.1, 0.15) is 25.3 Å². The van der Waals surface area contributed by atoms with Crippen molar-refractivity contribution in [2.24, 2.45) is 0 Å². The number of nitrogens with zero attached hydrogens (tertiary/aromatic N) is 1. The maximum atomic E-state index is 9.66. The van der Waals surface area contributed by atoms with Crippen LogP contribution in [0.1, 0.15) is 85.0 Å². The first-order chi connectivity index (χ1) is 10.4. The first kappa shape index (κ1) is 21.9. The van der Waals surface area contributed by atoms with Crippen LogP contribution in [-0.4, -0.2) is 53.6 Å². The molecule has 0 saturated heterocycles. The van der Waals surface area contributed by atoms with E-state index in [1.54, 1.807) is 0 Å². The number of aliphatic hydroxyl groups excluding tert-OH is 2. The normalized spacial score (nSPS) is 17.2. The number of unbranched alkanes of at least 4 members (excludes halogenated alkanes) is 9. The molecular formula is C19H42NO2+. The summed E-state index contributed by atoms with van der Waals surface area (Å²) in [6.07, 6.45) is 12.9. The fraction of sp³-hybridized carbons (Fsp3) is 1.00. The molecular weight excluding hydrogens is 274 g/mol. The van der Waals surface area contributed by atoms with Crippen molar-refractivity contribution in [1.82, 2.24) is 0 Å². The third-order valence-corrected chi connectivity index (χ3v) is 4.46. The van der Waals surface area contributed by atoms with Crippen LogP contribution in [-0.2, 0) is 0 Å². The zero-order chi connectivity index (χ0) is 16.8. The molecule has 2 unspecified atom stereocenters. The summed E-state index contributed by atoms with van der Waals surface area (Å²) in [4.78, 5) is 0. The summed E-state index contributed by atoms with van der Waals surface area (Å²) < 4.78 is 0.784. The molecule has 2 N–H and O–H groups in total. The van der Waals surface area contributed by atoms with Crippen LogP contribution in [0.25, 0.3) is 0 Å². The molecule has 0 radical (unpaired) electrons. The lowest BCUT2D eigenvalue weighted by Gasteiger charge is -2.36. The quantitative estimate of drug-likeness (QED) is 0.352. The van der Waals surface area contributed by atoms with Crippen LogP contribution in [0.2, 0.25) is 0 Å². The van der Waals surface area contributed by atoms with Crippen molar-refractivity contribution in [3.63, 3.8) is 0 Å². The van der Waals surface area contributed by atoms with E-state index < -0.39 is 0 Å². The number of hydrogen-bond donors (Lipinski definition) is 2. The van der Waals surface area contributed by atoms with Gasteiger partial charge >= 0.3 is 0 Å². The second-order valence-electron chi connectivity index (χ2n) is 7.59. The lowest BCUT2D eigenvalue weighted by molar-refractivity contribution is -0.915. The van der Waals surface area contributed by atoms with E-state index in [2.05, 4.69) is 14.0 Å². The van der Waals surface area contributed by atoms with Crippen molar-refractivity contribution in [3.05, 3.63) is 0 Å². The van der Waals surface area contributed by atoms with Gasteiger partial charge in [0, 0.05) is 0 Å². The Bertz CT molecular complexity index is 232. The van der Waals surface area contributed by atoms with E-state index in [1.807, 2.05) is 13.8 Å². The van der Waals surface area contributed by atoms with Crippen LogP contribution in [0, 0.1) is 0 Å². The highest BCUT2D eigenvalue weighted by molar-refractivity contribution is 4.53. The van der Waals surface area contributed by atoms with E-state index >= 15 is 0 Å². The van der Waals surface area contributed by atoms with Crippen molar-refractivity contribution in [2.45, 2.75) is 97.2 Å². The molecule has 3 heteroatoms. The highest BCUT2D eigenvalue weighted by atomic mass is 16.3. The summed E-state index contributed by atoms with van der Waals surface area (Å²) in [5, 5.41) is 19.3. The molecule has 0 amide bonds. The molecule has 0 saturated carbocycles. The van der Waals surface area contributed by atoms with Gasteiger partial charge in [-0.25, -0.2) is 0 Å². The standard InChI is InChI=1S/C19H42NO2/c1-5-6-7-8-9-10-11-12-13-14-15-20(4,16-18(2)21)17-19(3)22/h18-19,21-22H,5-17H2,1-4H3/q+1. The molecule has 0 rings (SSSR count). The molecule has 0 heterocycles. The highest BCUT2D eigenvalue weighted by Gasteiger charge is 2.25. The highest BCUT2D eigenvalue weighted by Crippen LogP contribution is 2.13. The molecule has 134 valence electrons. The number of aliphatic hydroxyl groups is 2. The Morgan fingerprint density at radius 3 is 1.41 bits per heavy atom. The van der Waals surface area contributed by atoms with Crippen molar-refractivity contribution >= 4 is 0 Å². The van der Waals surface area contributed by atoms with E-state index in [0.717, 1.165) is 24.1 Å². The zero-order valence-electron chi connectivity index (χ0n) is 15.7. The topological polar surface area (TPSA) is 40.5 Å². The Balaban J connectivity index is 3.67. The van der Waals surface area contributed by atoms with E-state index in [4.69, 9.17) is 0 Å². The lowest BCUT2D eigenvalue weighted by Crippen LogP contribution is -2.52. The minimum absolute atomic E-state index is 0.299. The van der Waals surface area contributed by atoms with Crippen LogP contribution in [0.4, 0.5) is 0 Å². The van der Waals surface area contributed by atoms with Gasteiger partial charge in [0.05, 0.1) is 13.6 Å². The van der Waals surface area contributed by atoms with E-state index in [9.17, 15) is 10.2 Å². The molecule has 0 aliphatic rings. The summed E-state index contributed by atoms with van der Waals surface area (Å²) in [6.45, 7) is 8.49. The predicted octanol–water partition coefficient (Wildman–Crippen LogP) is 4.12. The zero-order valence-corrected chi connectivity index (χ0v) is 15.7. The Morgan fingerprint density at radius 1 is 0.682 bits per heavy atom. The maximum Gasteiger partial charge on any atom is 0.105 e. The van der Waals surface area contributed by atoms with Gasteiger partial charge in [-0.15, -0.1) is 0 Å². The number of hydrogen-bond acceptors (Lipinski definition) is 2. The lowest BCUT2D eigenvalue weighted by atomic mass is 10.1. The van der Waals surface area contributed by atoms with Crippen LogP contribution < -0.4 is 0 Å². The van der Waals surface area contributed by atoms with Crippen LogP contribution in [0.15, 0.2) is 0 Å². The summed E-state index contributed by atoms with van der Waals surface area (Å²) in [7, 11) is 2.16. The second kappa shape index (κ2) is 13.3. The molecule has 0 fully saturated rings. The van der Waals surface area contributed by atoms with Gasteiger partial charge in [-0.3, -0.25) is 0 Å². The molecule has 0 aromatic rings. The Hall–Kier alpha value is -0.120. The first-order valence-electron chi connectivity index (χ1n) is 9.59. The van der Waals surface area contributed by atoms with Gasteiger partial charge in [-0.05, 0) is 26.7 Å². The van der Waals surface area contributed by atoms with E-state index in [0.29, 0.717) is 0 Å². The van der Waals surface area contributed by atoms with E-state index in [-0.39, 0.29) is 12.2 Å². The number of rotatable bonds is 15. The van der Waals surface area contributed by atoms with Crippen LogP contribution in [0.5, 0.6) is 0 Å². The Morgan fingerprint density at radius 2 is 1.05 bits per heavy atom. The van der Waals surface area contributed by atoms with Crippen molar-refractivity contribution in [1.29, 1.82) is 0 Å². The average Bonchev–Trinajstić information content (AvgIpc) is 2.39. The van der Waals surface area contributed by atoms with Crippen molar-refractivity contribution in [3.8, 4) is 0 Å². The van der Waals surface area contributed by atoms with Gasteiger partial charge in [0.2, 0.25) is 0 Å². The molecule has 0 aliphatic heterocycles. The minimum Gasteiger partial charge on any atom is -0.388 e. The van der Waals surface area contributed by atoms with Gasteiger partial charge in [-0.2, -0.15) is 0 Å². The summed E-state index contributed by atoms with van der Waals surface area (Å²) in [5.74, 6) is 0. The molecule has 0 bridgehead atoms. The van der Waals surface area contributed by atoms with Gasteiger partial charge in [-0.1, -0.05) is 58.3 Å². The van der Waals surface area contributed by atoms with Crippen molar-refractivity contribution < 1.29 is 14.7 Å². The fourth-order valence-electron chi connectivity index (χ4n) is 3.51. The third kappa shape index (κ3) is 13.5. The smallest absolute Gasteiger partial charge is 0.105 e.